The molecule has 2 fully saturated rings. The van der Waals surface area contributed by atoms with Crippen LogP contribution in [0.15, 0.2) is 47.4 Å². The van der Waals surface area contributed by atoms with Crippen LogP contribution in [-0.4, -0.2) is 81.6 Å². The van der Waals surface area contributed by atoms with E-state index >= 15 is 0 Å². The van der Waals surface area contributed by atoms with E-state index in [0.717, 1.165) is 50.0 Å². The Morgan fingerprint density at radius 3 is 2.58 bits per heavy atom. The third-order valence-electron chi connectivity index (χ3n) is 5.72. The molecule has 0 atom stereocenters. The highest BCUT2D eigenvalue weighted by Gasteiger charge is 2.35. The summed E-state index contributed by atoms with van der Waals surface area (Å²) in [6, 6.07) is 7.84. The number of hydrogen-bond acceptors (Lipinski definition) is 8. The van der Waals surface area contributed by atoms with E-state index in [1.54, 1.807) is 18.6 Å². The van der Waals surface area contributed by atoms with E-state index in [-0.39, 0.29) is 11.8 Å². The van der Waals surface area contributed by atoms with E-state index in [0.29, 0.717) is 24.0 Å². The Balaban J connectivity index is 1.08. The normalized spacial score (nSPS) is 17.6. The molecule has 5 rings (SSSR count). The average molecular weight is 440 g/mol. The molecule has 31 heavy (non-hydrogen) atoms. The summed E-state index contributed by atoms with van der Waals surface area (Å²) >= 11 is 5.97. The molecule has 3 aromatic rings. The number of carbonyl (C=O) groups excluding carboxylic acids is 1. The fraction of sp³-hybridized carbons (Fsp3) is 0.381. The van der Waals surface area contributed by atoms with Crippen LogP contribution in [-0.2, 0) is 4.79 Å². The molecule has 10 heteroatoms. The van der Waals surface area contributed by atoms with Crippen molar-refractivity contribution < 1.29 is 9.32 Å². The van der Waals surface area contributed by atoms with Crippen molar-refractivity contribution in [2.24, 2.45) is 0 Å². The maximum atomic E-state index is 12.7. The first-order valence-corrected chi connectivity index (χ1v) is 10.6. The van der Waals surface area contributed by atoms with Crippen LogP contribution in [0.2, 0.25) is 5.02 Å². The van der Waals surface area contributed by atoms with Gasteiger partial charge in [-0.3, -0.25) is 14.7 Å². The van der Waals surface area contributed by atoms with Gasteiger partial charge in [-0.1, -0.05) is 16.8 Å². The van der Waals surface area contributed by atoms with Crippen LogP contribution in [0.25, 0.3) is 11.5 Å². The van der Waals surface area contributed by atoms with E-state index in [9.17, 15) is 4.79 Å². The second-order valence-electron chi connectivity index (χ2n) is 7.78. The van der Waals surface area contributed by atoms with Crippen LogP contribution >= 0.6 is 11.6 Å². The third kappa shape index (κ3) is 4.38. The molecule has 1 amide bonds. The van der Waals surface area contributed by atoms with Gasteiger partial charge in [0.1, 0.15) is 5.69 Å². The lowest BCUT2D eigenvalue weighted by Gasteiger charge is -2.40. The summed E-state index contributed by atoms with van der Waals surface area (Å²) in [6.45, 7) is 4.99. The van der Waals surface area contributed by atoms with Crippen LogP contribution in [0.4, 0.5) is 5.69 Å². The Morgan fingerprint density at radius 2 is 1.87 bits per heavy atom. The molecule has 4 heterocycles. The Morgan fingerprint density at radius 1 is 1.10 bits per heavy atom. The first-order chi connectivity index (χ1) is 15.2. The van der Waals surface area contributed by atoms with Crippen molar-refractivity contribution in [2.45, 2.75) is 5.92 Å². The lowest BCUT2D eigenvalue weighted by Crippen LogP contribution is -2.54. The van der Waals surface area contributed by atoms with Crippen LogP contribution in [0.3, 0.4) is 0 Å². The number of carbonyl (C=O) groups is 1. The van der Waals surface area contributed by atoms with E-state index < -0.39 is 0 Å². The minimum absolute atomic E-state index is 0.146. The standard InChI is InChI=1S/C21H22ClN7O2/c22-16-1-3-17(4-2-16)28-7-9-29(10-8-28)19(30)14-27-12-15(13-27)21-25-20(26-31-21)18-11-23-5-6-24-18/h1-6,11,15H,7-10,12-14H2. The lowest BCUT2D eigenvalue weighted by atomic mass is 10.0. The Kier molecular flexibility index (Phi) is 5.52. The number of halogens is 1. The second kappa shape index (κ2) is 8.60. The number of aromatic nitrogens is 4. The SMILES string of the molecule is O=C(CN1CC(c2nc(-c3cnccn3)no2)C1)N1CCN(c2ccc(Cl)cc2)CC1. The van der Waals surface area contributed by atoms with Gasteiger partial charge < -0.3 is 14.3 Å². The van der Waals surface area contributed by atoms with Gasteiger partial charge in [0.25, 0.3) is 0 Å². The zero-order chi connectivity index (χ0) is 21.2. The molecular weight excluding hydrogens is 418 g/mol. The summed E-state index contributed by atoms with van der Waals surface area (Å²) in [4.78, 5) is 31.7. The minimum atomic E-state index is 0.146. The molecule has 2 aromatic heterocycles. The van der Waals surface area contributed by atoms with Crippen LogP contribution in [0.1, 0.15) is 11.8 Å². The molecule has 0 unspecified atom stereocenters. The molecule has 0 N–H and O–H groups in total. The van der Waals surface area contributed by atoms with E-state index in [2.05, 4.69) is 29.9 Å². The molecule has 2 aliphatic rings. The number of likely N-dealkylation sites (tertiary alicyclic amines) is 1. The monoisotopic (exact) mass is 439 g/mol. The summed E-state index contributed by atoms with van der Waals surface area (Å²) in [5.41, 5.74) is 1.73. The predicted octanol–water partition coefficient (Wildman–Crippen LogP) is 1.93. The summed E-state index contributed by atoms with van der Waals surface area (Å²) in [5.74, 6) is 1.34. The Bertz CT molecular complexity index is 1030. The highest BCUT2D eigenvalue weighted by atomic mass is 35.5. The van der Waals surface area contributed by atoms with Gasteiger partial charge in [0.15, 0.2) is 0 Å². The number of benzene rings is 1. The van der Waals surface area contributed by atoms with Crippen LogP contribution < -0.4 is 4.90 Å². The van der Waals surface area contributed by atoms with Gasteiger partial charge in [-0.25, -0.2) is 4.98 Å². The number of nitrogens with zero attached hydrogens (tertiary/aromatic N) is 7. The molecular formula is C21H22ClN7O2. The molecule has 9 nitrogen and oxygen atoms in total. The quantitative estimate of drug-likeness (QED) is 0.595. The number of amides is 1. The number of anilines is 1. The maximum Gasteiger partial charge on any atom is 0.236 e. The third-order valence-corrected chi connectivity index (χ3v) is 5.98. The van der Waals surface area contributed by atoms with Crippen molar-refractivity contribution in [3.05, 3.63) is 53.8 Å². The topological polar surface area (TPSA) is 91.5 Å². The number of piperazine rings is 1. The van der Waals surface area contributed by atoms with Gasteiger partial charge in [0.05, 0.1) is 18.7 Å². The largest absolute Gasteiger partial charge is 0.368 e. The summed E-state index contributed by atoms with van der Waals surface area (Å²) in [5, 5.41) is 4.72. The second-order valence-corrected chi connectivity index (χ2v) is 8.22. The lowest BCUT2D eigenvalue weighted by molar-refractivity contribution is -0.134. The summed E-state index contributed by atoms with van der Waals surface area (Å²) in [6.07, 6.45) is 4.80. The number of hydrogen-bond donors (Lipinski definition) is 0. The zero-order valence-corrected chi connectivity index (χ0v) is 17.6. The fourth-order valence-corrected chi connectivity index (χ4v) is 4.06. The van der Waals surface area contributed by atoms with Crippen LogP contribution in [0, 0.1) is 0 Å². The molecule has 160 valence electrons. The van der Waals surface area contributed by atoms with Crippen molar-refractivity contribution in [1.29, 1.82) is 0 Å². The van der Waals surface area contributed by atoms with E-state index in [4.69, 9.17) is 16.1 Å². The average Bonchev–Trinajstić information content (AvgIpc) is 3.27. The smallest absolute Gasteiger partial charge is 0.236 e. The van der Waals surface area contributed by atoms with Crippen molar-refractivity contribution in [1.82, 2.24) is 29.9 Å². The molecule has 2 aliphatic heterocycles. The van der Waals surface area contributed by atoms with E-state index in [1.165, 1.54) is 0 Å². The van der Waals surface area contributed by atoms with Crippen molar-refractivity contribution in [2.75, 3.05) is 50.7 Å². The molecule has 0 bridgehead atoms. The van der Waals surface area contributed by atoms with E-state index in [1.807, 2.05) is 29.2 Å². The molecule has 0 spiro atoms. The predicted molar refractivity (Wildman–Crippen MR) is 115 cm³/mol. The molecule has 0 aliphatic carbocycles. The van der Waals surface area contributed by atoms with Crippen molar-refractivity contribution in [3.8, 4) is 11.5 Å². The zero-order valence-electron chi connectivity index (χ0n) is 16.9. The van der Waals surface area contributed by atoms with Gasteiger partial charge in [-0.2, -0.15) is 4.98 Å². The number of rotatable bonds is 5. The van der Waals surface area contributed by atoms with Gasteiger partial charge in [0, 0.05) is 62.4 Å². The Labute approximate surface area is 184 Å². The van der Waals surface area contributed by atoms with Crippen molar-refractivity contribution >= 4 is 23.2 Å². The summed E-state index contributed by atoms with van der Waals surface area (Å²) in [7, 11) is 0. The minimum Gasteiger partial charge on any atom is -0.368 e. The van der Waals surface area contributed by atoms with Crippen molar-refractivity contribution in [3.63, 3.8) is 0 Å². The van der Waals surface area contributed by atoms with Gasteiger partial charge in [-0.15, -0.1) is 0 Å². The first-order valence-electron chi connectivity index (χ1n) is 10.3. The molecule has 0 saturated carbocycles. The van der Waals surface area contributed by atoms with Gasteiger partial charge in [-0.05, 0) is 24.3 Å². The maximum absolute atomic E-state index is 12.7. The van der Waals surface area contributed by atoms with Gasteiger partial charge in [0.2, 0.25) is 17.6 Å². The molecule has 0 radical (unpaired) electrons. The molecule has 2 saturated heterocycles. The summed E-state index contributed by atoms with van der Waals surface area (Å²) < 4.78 is 5.39. The van der Waals surface area contributed by atoms with Crippen LogP contribution in [0.5, 0.6) is 0 Å². The molecule has 1 aromatic carbocycles. The Hall–Kier alpha value is -3.04. The first kappa shape index (κ1) is 19.9. The van der Waals surface area contributed by atoms with Gasteiger partial charge >= 0.3 is 0 Å². The highest BCUT2D eigenvalue weighted by molar-refractivity contribution is 6.30. The fourth-order valence-electron chi connectivity index (χ4n) is 3.93. The highest BCUT2D eigenvalue weighted by Crippen LogP contribution is 2.27.